The Labute approximate surface area is 180 Å². The number of benzene rings is 1. The molecule has 1 aliphatic carbocycles. The largest absolute Gasteiger partial charge is 0.481 e. The maximum atomic E-state index is 14.0. The van der Waals surface area contributed by atoms with E-state index in [2.05, 4.69) is 0 Å². The topological polar surface area (TPSA) is 70.8 Å². The zero-order valence-electron chi connectivity index (χ0n) is 15.6. The van der Waals surface area contributed by atoms with Crippen molar-refractivity contribution in [3.8, 4) is 11.3 Å². The lowest BCUT2D eigenvalue weighted by atomic mass is 9.85. The Kier molecular flexibility index (Phi) is 5.75. The molecule has 9 heteroatoms. The number of furan rings is 1. The van der Waals surface area contributed by atoms with Crippen molar-refractivity contribution >= 4 is 46.3 Å². The Morgan fingerprint density at radius 1 is 1.27 bits per heavy atom. The van der Waals surface area contributed by atoms with Gasteiger partial charge in [-0.2, -0.15) is 0 Å². The first-order valence-corrected chi connectivity index (χ1v) is 10.6. The van der Waals surface area contributed by atoms with Gasteiger partial charge in [-0.15, -0.1) is 0 Å². The second kappa shape index (κ2) is 8.31. The molecule has 1 N–H and O–H groups in total. The number of nitrogens with zero attached hydrogens (tertiary/aromatic N) is 1. The van der Waals surface area contributed by atoms with Gasteiger partial charge in [0.1, 0.15) is 27.5 Å². The summed E-state index contributed by atoms with van der Waals surface area (Å²) in [5.41, 5.74) is 0.116. The molecule has 30 heavy (non-hydrogen) atoms. The maximum absolute atomic E-state index is 14.0. The van der Waals surface area contributed by atoms with E-state index in [0.717, 1.165) is 30.3 Å². The number of carbonyl (C=O) groups excluding carboxylic acids is 1. The standard InChI is InChI=1S/C21H17F2NO4S2/c22-12-4-6-15(16(23)9-12)17-7-5-14(28-17)10-18-19(25)24(21(29)30-18)13-3-1-2-11(8-13)20(26)27/h4-7,9-11,13H,1-3,8H2,(H,26,27). The van der Waals surface area contributed by atoms with Crippen LogP contribution in [-0.4, -0.2) is 32.2 Å². The lowest BCUT2D eigenvalue weighted by Crippen LogP contribution is -2.42. The van der Waals surface area contributed by atoms with Crippen LogP contribution in [-0.2, 0) is 9.59 Å². The van der Waals surface area contributed by atoms with E-state index in [-0.39, 0.29) is 23.3 Å². The van der Waals surface area contributed by atoms with Crippen molar-refractivity contribution in [3.63, 3.8) is 0 Å². The first kappa shape index (κ1) is 20.7. The monoisotopic (exact) mass is 449 g/mol. The lowest BCUT2D eigenvalue weighted by Gasteiger charge is -2.32. The van der Waals surface area contributed by atoms with E-state index in [0.29, 0.717) is 34.2 Å². The van der Waals surface area contributed by atoms with Crippen molar-refractivity contribution in [3.05, 3.63) is 52.6 Å². The Hall–Kier alpha value is -2.52. The molecular weight excluding hydrogens is 432 g/mol. The van der Waals surface area contributed by atoms with Gasteiger partial charge in [0.25, 0.3) is 5.91 Å². The van der Waals surface area contributed by atoms with Crippen molar-refractivity contribution in [2.24, 2.45) is 5.92 Å². The predicted octanol–water partition coefficient (Wildman–Crippen LogP) is 5.07. The zero-order valence-corrected chi connectivity index (χ0v) is 17.3. The molecule has 4 rings (SSSR count). The Morgan fingerprint density at radius 3 is 2.80 bits per heavy atom. The van der Waals surface area contributed by atoms with Gasteiger partial charge in [-0.1, -0.05) is 30.4 Å². The SMILES string of the molecule is O=C(O)C1CCCC(N2C(=O)C(=Cc3ccc(-c4ccc(F)cc4F)o3)SC2=S)C1. The fourth-order valence-electron chi connectivity index (χ4n) is 3.81. The molecule has 2 heterocycles. The van der Waals surface area contributed by atoms with Crippen LogP contribution < -0.4 is 0 Å². The van der Waals surface area contributed by atoms with Gasteiger partial charge >= 0.3 is 5.97 Å². The molecule has 1 aromatic heterocycles. The quantitative estimate of drug-likeness (QED) is 0.519. The van der Waals surface area contributed by atoms with E-state index in [1.54, 1.807) is 12.1 Å². The second-order valence-corrected chi connectivity index (χ2v) is 8.91. The maximum Gasteiger partial charge on any atom is 0.306 e. The van der Waals surface area contributed by atoms with E-state index in [9.17, 15) is 23.5 Å². The van der Waals surface area contributed by atoms with Crippen LogP contribution in [0, 0.1) is 17.6 Å². The molecule has 2 aromatic rings. The summed E-state index contributed by atoms with van der Waals surface area (Å²) in [7, 11) is 0. The number of hydrogen-bond donors (Lipinski definition) is 1. The van der Waals surface area contributed by atoms with Gasteiger partial charge in [-0.25, -0.2) is 8.78 Å². The smallest absolute Gasteiger partial charge is 0.306 e. The molecule has 156 valence electrons. The molecule has 2 unspecified atom stereocenters. The highest BCUT2D eigenvalue weighted by Crippen LogP contribution is 2.39. The number of carboxylic acids is 1. The molecular formula is C21H17F2NO4S2. The van der Waals surface area contributed by atoms with Crippen molar-refractivity contribution in [1.29, 1.82) is 0 Å². The van der Waals surface area contributed by atoms with Gasteiger partial charge in [-0.05, 0) is 43.5 Å². The molecule has 2 atom stereocenters. The molecule has 5 nitrogen and oxygen atoms in total. The summed E-state index contributed by atoms with van der Waals surface area (Å²) >= 11 is 6.50. The van der Waals surface area contributed by atoms with Gasteiger partial charge in [0.2, 0.25) is 0 Å². The Morgan fingerprint density at radius 2 is 2.07 bits per heavy atom. The van der Waals surface area contributed by atoms with E-state index in [1.807, 2.05) is 0 Å². The first-order chi connectivity index (χ1) is 14.3. The summed E-state index contributed by atoms with van der Waals surface area (Å²) in [5, 5.41) is 9.30. The lowest BCUT2D eigenvalue weighted by molar-refractivity contribution is -0.144. The number of aliphatic carboxylic acids is 1. The van der Waals surface area contributed by atoms with E-state index in [4.69, 9.17) is 16.6 Å². The minimum Gasteiger partial charge on any atom is -0.481 e. The van der Waals surface area contributed by atoms with Crippen LogP contribution >= 0.6 is 24.0 Å². The second-order valence-electron chi connectivity index (χ2n) is 7.23. The van der Waals surface area contributed by atoms with Gasteiger partial charge in [0.05, 0.1) is 16.4 Å². The predicted molar refractivity (Wildman–Crippen MR) is 112 cm³/mol. The fourth-order valence-corrected chi connectivity index (χ4v) is 5.19. The van der Waals surface area contributed by atoms with Gasteiger partial charge in [0.15, 0.2) is 0 Å². The molecule has 1 saturated heterocycles. The van der Waals surface area contributed by atoms with Crippen LogP contribution in [0.5, 0.6) is 0 Å². The van der Waals surface area contributed by atoms with Crippen LogP contribution in [0.1, 0.15) is 31.4 Å². The van der Waals surface area contributed by atoms with Gasteiger partial charge in [-0.3, -0.25) is 14.5 Å². The number of amides is 1. The zero-order chi connectivity index (χ0) is 21.4. The molecule has 0 bridgehead atoms. The van der Waals surface area contributed by atoms with E-state index in [1.165, 1.54) is 17.0 Å². The van der Waals surface area contributed by atoms with Gasteiger partial charge < -0.3 is 9.52 Å². The number of rotatable bonds is 4. The van der Waals surface area contributed by atoms with Crippen molar-refractivity contribution in [1.82, 2.24) is 4.90 Å². The van der Waals surface area contributed by atoms with Crippen LogP contribution in [0.2, 0.25) is 0 Å². The summed E-state index contributed by atoms with van der Waals surface area (Å²) in [5.74, 6) is -2.49. The number of carboxylic acid groups (broad SMARTS) is 1. The number of hydrogen-bond acceptors (Lipinski definition) is 5. The summed E-state index contributed by atoms with van der Waals surface area (Å²) in [6, 6.07) is 6.10. The average Bonchev–Trinajstić information content (AvgIpc) is 3.26. The molecule has 1 saturated carbocycles. The summed E-state index contributed by atoms with van der Waals surface area (Å²) in [6.07, 6.45) is 3.94. The molecule has 1 amide bonds. The van der Waals surface area contributed by atoms with Gasteiger partial charge in [0, 0.05) is 18.2 Å². The Bertz CT molecular complexity index is 1070. The van der Waals surface area contributed by atoms with E-state index >= 15 is 0 Å². The highest BCUT2D eigenvalue weighted by molar-refractivity contribution is 8.26. The number of halogens is 2. The molecule has 2 fully saturated rings. The van der Waals surface area contributed by atoms with Crippen molar-refractivity contribution < 1.29 is 27.9 Å². The summed E-state index contributed by atoms with van der Waals surface area (Å²) < 4.78 is 33.1. The highest BCUT2D eigenvalue weighted by atomic mass is 32.2. The minimum atomic E-state index is -0.850. The highest BCUT2D eigenvalue weighted by Gasteiger charge is 2.40. The average molecular weight is 450 g/mol. The Balaban J connectivity index is 1.54. The normalized spacial score (nSPS) is 23.4. The molecule has 0 spiro atoms. The minimum absolute atomic E-state index is 0.116. The number of thioether (sulfide) groups is 1. The third-order valence-electron chi connectivity index (χ3n) is 5.28. The third kappa shape index (κ3) is 4.04. The molecule has 1 aromatic carbocycles. The van der Waals surface area contributed by atoms with Crippen molar-refractivity contribution in [2.75, 3.05) is 0 Å². The third-order valence-corrected chi connectivity index (χ3v) is 6.61. The molecule has 0 radical (unpaired) electrons. The number of thiocarbonyl (C=S) groups is 1. The van der Waals surface area contributed by atoms with E-state index < -0.39 is 23.5 Å². The molecule has 1 aliphatic heterocycles. The van der Waals surface area contributed by atoms with Crippen molar-refractivity contribution in [2.45, 2.75) is 31.7 Å². The van der Waals surface area contributed by atoms with Crippen LogP contribution in [0.25, 0.3) is 17.4 Å². The molecule has 2 aliphatic rings. The van der Waals surface area contributed by atoms with Crippen LogP contribution in [0.15, 0.2) is 39.7 Å². The number of carbonyl (C=O) groups is 2. The summed E-state index contributed by atoms with van der Waals surface area (Å²) in [6.45, 7) is 0. The first-order valence-electron chi connectivity index (χ1n) is 9.38. The fraction of sp³-hybridized carbons (Fsp3) is 0.286. The summed E-state index contributed by atoms with van der Waals surface area (Å²) in [4.78, 5) is 26.1. The van der Waals surface area contributed by atoms with Crippen LogP contribution in [0.4, 0.5) is 8.78 Å². The van der Waals surface area contributed by atoms with Crippen LogP contribution in [0.3, 0.4) is 0 Å².